The van der Waals surface area contributed by atoms with Crippen LogP contribution in [-0.2, 0) is 0 Å². The predicted molar refractivity (Wildman–Crippen MR) is 94.4 cm³/mol. The molecule has 2 aliphatic rings. The highest BCUT2D eigenvalue weighted by atomic mass is 35.5. The fourth-order valence-corrected chi connectivity index (χ4v) is 3.12. The van der Waals surface area contributed by atoms with Crippen molar-refractivity contribution in [2.24, 2.45) is 0 Å². The molecule has 1 atom stereocenters. The van der Waals surface area contributed by atoms with Crippen LogP contribution in [0.2, 0.25) is 0 Å². The van der Waals surface area contributed by atoms with Crippen molar-refractivity contribution in [3.05, 3.63) is 23.8 Å². The molecule has 1 fully saturated rings. The number of nitrogens with zero attached hydrogens (tertiary/aromatic N) is 1. The average molecular weight is 403 g/mol. The fraction of sp³-hybridized carbons (Fsp3) is 0.625. The van der Waals surface area contributed by atoms with Crippen molar-refractivity contribution in [1.82, 2.24) is 10.2 Å². The highest BCUT2D eigenvalue weighted by molar-refractivity contribution is 5.85. The van der Waals surface area contributed by atoms with Crippen LogP contribution in [-0.4, -0.2) is 50.5 Å². The van der Waals surface area contributed by atoms with Gasteiger partial charge in [0, 0.05) is 38.6 Å². The SMILES string of the molecule is Cl.Cl.FC(F)(F)CC[C@@H](c1ccc2c(c1)OCCO2)N1CCNCC1. The summed E-state index contributed by atoms with van der Waals surface area (Å²) in [5.74, 6) is 1.29. The second-order valence-electron chi connectivity index (χ2n) is 5.86. The lowest BCUT2D eigenvalue weighted by atomic mass is 9.98. The number of benzene rings is 1. The Hall–Kier alpha value is -0.890. The van der Waals surface area contributed by atoms with Gasteiger partial charge in [-0.3, -0.25) is 4.90 Å². The van der Waals surface area contributed by atoms with Crippen molar-refractivity contribution in [3.63, 3.8) is 0 Å². The van der Waals surface area contributed by atoms with Crippen LogP contribution in [0.4, 0.5) is 13.2 Å². The average Bonchev–Trinajstić information content (AvgIpc) is 2.55. The van der Waals surface area contributed by atoms with Crippen molar-refractivity contribution in [2.45, 2.75) is 25.1 Å². The molecule has 0 unspecified atom stereocenters. The first-order chi connectivity index (χ1) is 11.0. The van der Waals surface area contributed by atoms with E-state index in [0.717, 1.165) is 31.7 Å². The Bertz CT molecular complexity index is 541. The second-order valence-corrected chi connectivity index (χ2v) is 5.86. The third kappa shape index (κ3) is 6.09. The van der Waals surface area contributed by atoms with Crippen LogP contribution >= 0.6 is 24.8 Å². The minimum Gasteiger partial charge on any atom is -0.486 e. The van der Waals surface area contributed by atoms with Gasteiger partial charge in [-0.05, 0) is 24.1 Å². The maximum atomic E-state index is 12.7. The van der Waals surface area contributed by atoms with Gasteiger partial charge in [0.1, 0.15) is 13.2 Å². The van der Waals surface area contributed by atoms with E-state index < -0.39 is 12.6 Å². The van der Waals surface area contributed by atoms with Crippen molar-refractivity contribution >= 4 is 24.8 Å². The molecule has 1 saturated heterocycles. The molecule has 9 heteroatoms. The molecule has 1 aromatic carbocycles. The summed E-state index contributed by atoms with van der Waals surface area (Å²) < 4.78 is 49.1. The summed E-state index contributed by atoms with van der Waals surface area (Å²) in [6.45, 7) is 4.06. The van der Waals surface area contributed by atoms with Gasteiger partial charge in [0.25, 0.3) is 0 Å². The van der Waals surface area contributed by atoms with Crippen molar-refractivity contribution < 1.29 is 22.6 Å². The maximum absolute atomic E-state index is 12.7. The molecule has 4 nitrogen and oxygen atoms in total. The number of rotatable bonds is 4. The first-order valence-corrected chi connectivity index (χ1v) is 7.94. The van der Waals surface area contributed by atoms with Gasteiger partial charge in [-0.15, -0.1) is 24.8 Å². The molecule has 0 radical (unpaired) electrons. The predicted octanol–water partition coefficient (Wildman–Crippen LogP) is 3.59. The summed E-state index contributed by atoms with van der Waals surface area (Å²) in [4.78, 5) is 2.12. The molecule has 2 heterocycles. The molecule has 0 spiro atoms. The first kappa shape index (κ1) is 22.2. The quantitative estimate of drug-likeness (QED) is 0.834. The van der Waals surface area contributed by atoms with Crippen LogP contribution in [0.15, 0.2) is 18.2 Å². The molecule has 1 aromatic rings. The standard InChI is InChI=1S/C16H21F3N2O2.2ClH/c17-16(18,19)4-3-13(21-7-5-20-6-8-21)12-1-2-14-15(11-12)23-10-9-22-14;;/h1-2,11,13,20H,3-10H2;2*1H/t13-;;/m0../s1. The lowest BCUT2D eigenvalue weighted by molar-refractivity contribution is -0.138. The molecule has 2 aliphatic heterocycles. The number of hydrogen-bond donors (Lipinski definition) is 1. The number of nitrogens with one attached hydrogen (secondary N) is 1. The zero-order chi connectivity index (χ0) is 16.3. The summed E-state index contributed by atoms with van der Waals surface area (Å²) in [6, 6.07) is 5.23. The summed E-state index contributed by atoms with van der Waals surface area (Å²) >= 11 is 0. The van der Waals surface area contributed by atoms with E-state index in [1.54, 1.807) is 6.07 Å². The highest BCUT2D eigenvalue weighted by Crippen LogP contribution is 2.37. The van der Waals surface area contributed by atoms with E-state index in [9.17, 15) is 13.2 Å². The molecule has 0 amide bonds. The Morgan fingerprint density at radius 2 is 1.68 bits per heavy atom. The lowest BCUT2D eigenvalue weighted by Crippen LogP contribution is -2.45. The third-order valence-electron chi connectivity index (χ3n) is 4.24. The number of piperazine rings is 1. The van der Waals surface area contributed by atoms with E-state index in [1.807, 2.05) is 12.1 Å². The van der Waals surface area contributed by atoms with Crippen LogP contribution in [0.3, 0.4) is 0 Å². The van der Waals surface area contributed by atoms with Crippen LogP contribution in [0.25, 0.3) is 0 Å². The molecular weight excluding hydrogens is 380 g/mol. The van der Waals surface area contributed by atoms with Gasteiger partial charge in [-0.25, -0.2) is 0 Å². The molecule has 0 aliphatic carbocycles. The second kappa shape index (κ2) is 9.71. The van der Waals surface area contributed by atoms with Gasteiger partial charge in [0.15, 0.2) is 11.5 Å². The fourth-order valence-electron chi connectivity index (χ4n) is 3.12. The maximum Gasteiger partial charge on any atom is 0.389 e. The molecule has 1 N–H and O–H groups in total. The summed E-state index contributed by atoms with van der Waals surface area (Å²) in [5.41, 5.74) is 0.861. The minimum atomic E-state index is -4.14. The molecule has 0 bridgehead atoms. The van der Waals surface area contributed by atoms with E-state index in [2.05, 4.69) is 10.2 Å². The summed E-state index contributed by atoms with van der Waals surface area (Å²) in [6.07, 6.45) is -4.86. The van der Waals surface area contributed by atoms with Crippen LogP contribution in [0.5, 0.6) is 11.5 Å². The summed E-state index contributed by atoms with van der Waals surface area (Å²) in [7, 11) is 0. The van der Waals surface area contributed by atoms with E-state index in [-0.39, 0.29) is 37.3 Å². The zero-order valence-corrected chi connectivity index (χ0v) is 15.3. The van der Waals surface area contributed by atoms with Gasteiger partial charge >= 0.3 is 6.18 Å². The Labute approximate surface area is 157 Å². The largest absolute Gasteiger partial charge is 0.486 e. The minimum absolute atomic E-state index is 0. The van der Waals surface area contributed by atoms with E-state index in [0.29, 0.717) is 24.7 Å². The Kier molecular flexibility index (Phi) is 8.60. The molecule has 144 valence electrons. The molecule has 25 heavy (non-hydrogen) atoms. The Balaban J connectivity index is 0.00000156. The zero-order valence-electron chi connectivity index (χ0n) is 13.7. The van der Waals surface area contributed by atoms with Crippen molar-refractivity contribution in [1.29, 1.82) is 0 Å². The van der Waals surface area contributed by atoms with E-state index in [1.165, 1.54) is 0 Å². The van der Waals surface area contributed by atoms with Crippen LogP contribution in [0, 0.1) is 0 Å². The van der Waals surface area contributed by atoms with Crippen molar-refractivity contribution in [3.8, 4) is 11.5 Å². The van der Waals surface area contributed by atoms with Gasteiger partial charge in [0.2, 0.25) is 0 Å². The number of fused-ring (bicyclic) bond motifs is 1. The van der Waals surface area contributed by atoms with Gasteiger partial charge < -0.3 is 14.8 Å². The molecule has 0 aromatic heterocycles. The van der Waals surface area contributed by atoms with Crippen LogP contribution < -0.4 is 14.8 Å². The smallest absolute Gasteiger partial charge is 0.389 e. The van der Waals surface area contributed by atoms with Crippen molar-refractivity contribution in [2.75, 3.05) is 39.4 Å². The Morgan fingerprint density at radius 3 is 2.32 bits per heavy atom. The van der Waals surface area contributed by atoms with E-state index >= 15 is 0 Å². The number of alkyl halides is 3. The number of ether oxygens (including phenoxy) is 2. The number of halogens is 5. The van der Waals surface area contributed by atoms with Gasteiger partial charge in [-0.1, -0.05) is 6.07 Å². The first-order valence-electron chi connectivity index (χ1n) is 7.94. The third-order valence-corrected chi connectivity index (χ3v) is 4.24. The lowest BCUT2D eigenvalue weighted by Gasteiger charge is -2.36. The van der Waals surface area contributed by atoms with E-state index in [4.69, 9.17) is 9.47 Å². The van der Waals surface area contributed by atoms with Gasteiger partial charge in [-0.2, -0.15) is 13.2 Å². The monoisotopic (exact) mass is 402 g/mol. The Morgan fingerprint density at radius 1 is 1.04 bits per heavy atom. The molecular formula is C16H23Cl2F3N2O2. The topological polar surface area (TPSA) is 33.7 Å². The molecule has 0 saturated carbocycles. The summed E-state index contributed by atoms with van der Waals surface area (Å²) in [5, 5.41) is 3.23. The number of hydrogen-bond acceptors (Lipinski definition) is 4. The van der Waals surface area contributed by atoms with Crippen LogP contribution in [0.1, 0.15) is 24.4 Å². The highest BCUT2D eigenvalue weighted by Gasteiger charge is 2.31. The van der Waals surface area contributed by atoms with Gasteiger partial charge in [0.05, 0.1) is 0 Å². The molecule has 3 rings (SSSR count). The normalized spacial score (nSPS) is 18.7.